The van der Waals surface area contributed by atoms with Crippen molar-refractivity contribution >= 4 is 22.3 Å². The van der Waals surface area contributed by atoms with Gasteiger partial charge in [0, 0.05) is 10.9 Å². The lowest BCUT2D eigenvalue weighted by Crippen LogP contribution is -2.13. The maximum absolute atomic E-state index is 12.2. The van der Waals surface area contributed by atoms with E-state index in [4.69, 9.17) is 10.5 Å². The molecule has 20 heavy (non-hydrogen) atoms. The molecule has 2 aromatic rings. The quantitative estimate of drug-likeness (QED) is 0.862. The summed E-state index contributed by atoms with van der Waals surface area (Å²) >= 11 is 1.37. The lowest BCUT2D eigenvalue weighted by molar-refractivity contribution is 0.0380. The van der Waals surface area contributed by atoms with Gasteiger partial charge in [-0.15, -0.1) is 11.3 Å². The number of thiophene rings is 1. The number of carbonyl (C=O) groups excluding carboxylic acids is 1. The number of carbonyl (C=O) groups is 1. The van der Waals surface area contributed by atoms with Crippen LogP contribution in [0.15, 0.2) is 23.6 Å². The SMILES string of the molecule is Cc1cc(C)cc(-c2csc(N)c2C(=O)OC(C)C)c1. The van der Waals surface area contributed by atoms with Gasteiger partial charge in [0.2, 0.25) is 0 Å². The number of nitrogens with two attached hydrogens (primary N) is 1. The number of esters is 1. The zero-order valence-corrected chi connectivity index (χ0v) is 13.0. The van der Waals surface area contributed by atoms with Crippen molar-refractivity contribution in [1.82, 2.24) is 0 Å². The smallest absolute Gasteiger partial charge is 0.342 e. The lowest BCUT2D eigenvalue weighted by Gasteiger charge is -2.10. The van der Waals surface area contributed by atoms with E-state index in [-0.39, 0.29) is 12.1 Å². The second-order valence-electron chi connectivity index (χ2n) is 5.22. The largest absolute Gasteiger partial charge is 0.459 e. The average molecular weight is 289 g/mol. The van der Waals surface area contributed by atoms with E-state index >= 15 is 0 Å². The molecule has 1 heterocycles. The maximum Gasteiger partial charge on any atom is 0.342 e. The molecule has 0 saturated heterocycles. The Kier molecular flexibility index (Phi) is 4.14. The molecule has 1 aromatic heterocycles. The van der Waals surface area contributed by atoms with Crippen LogP contribution in [0.1, 0.15) is 35.3 Å². The summed E-state index contributed by atoms with van der Waals surface area (Å²) < 4.78 is 5.29. The zero-order valence-electron chi connectivity index (χ0n) is 12.2. The Morgan fingerprint density at radius 1 is 1.20 bits per heavy atom. The van der Waals surface area contributed by atoms with Gasteiger partial charge in [-0.2, -0.15) is 0 Å². The summed E-state index contributed by atoms with van der Waals surface area (Å²) in [5.41, 5.74) is 10.6. The van der Waals surface area contributed by atoms with Crippen molar-refractivity contribution in [1.29, 1.82) is 0 Å². The van der Waals surface area contributed by atoms with Crippen LogP contribution in [0.25, 0.3) is 11.1 Å². The fraction of sp³-hybridized carbons (Fsp3) is 0.312. The van der Waals surface area contributed by atoms with Crippen LogP contribution < -0.4 is 5.73 Å². The lowest BCUT2D eigenvalue weighted by atomic mass is 10.00. The van der Waals surface area contributed by atoms with E-state index in [0.717, 1.165) is 22.3 Å². The van der Waals surface area contributed by atoms with Gasteiger partial charge in [-0.25, -0.2) is 4.79 Å². The molecule has 4 heteroatoms. The van der Waals surface area contributed by atoms with Crippen LogP contribution in [0.2, 0.25) is 0 Å². The minimum atomic E-state index is -0.354. The third-order valence-corrected chi connectivity index (χ3v) is 3.71. The van der Waals surface area contributed by atoms with Crippen LogP contribution in [0, 0.1) is 13.8 Å². The van der Waals surface area contributed by atoms with E-state index < -0.39 is 0 Å². The summed E-state index contributed by atoms with van der Waals surface area (Å²) in [4.78, 5) is 12.2. The van der Waals surface area contributed by atoms with Crippen molar-refractivity contribution in [3.05, 3.63) is 40.3 Å². The van der Waals surface area contributed by atoms with Crippen molar-refractivity contribution in [2.24, 2.45) is 0 Å². The average Bonchev–Trinajstić information content (AvgIpc) is 2.68. The van der Waals surface area contributed by atoms with Crippen LogP contribution >= 0.6 is 11.3 Å². The molecule has 0 bridgehead atoms. The van der Waals surface area contributed by atoms with Crippen molar-refractivity contribution in [2.45, 2.75) is 33.8 Å². The first-order valence-corrected chi connectivity index (χ1v) is 7.43. The molecule has 0 amide bonds. The first-order chi connectivity index (χ1) is 9.38. The number of anilines is 1. The van der Waals surface area contributed by atoms with Gasteiger partial charge in [-0.05, 0) is 33.3 Å². The number of benzene rings is 1. The van der Waals surface area contributed by atoms with Gasteiger partial charge in [0.05, 0.1) is 6.10 Å². The number of ether oxygens (including phenoxy) is 1. The highest BCUT2D eigenvalue weighted by atomic mass is 32.1. The van der Waals surface area contributed by atoms with Gasteiger partial charge in [0.25, 0.3) is 0 Å². The van der Waals surface area contributed by atoms with Crippen LogP contribution in [0.5, 0.6) is 0 Å². The Labute approximate surface area is 123 Å². The Morgan fingerprint density at radius 2 is 1.80 bits per heavy atom. The minimum Gasteiger partial charge on any atom is -0.459 e. The molecule has 0 radical (unpaired) electrons. The molecule has 106 valence electrons. The van der Waals surface area contributed by atoms with E-state index in [0.29, 0.717) is 10.6 Å². The van der Waals surface area contributed by atoms with E-state index in [9.17, 15) is 4.79 Å². The molecule has 0 unspecified atom stereocenters. The van der Waals surface area contributed by atoms with Gasteiger partial charge in [0.1, 0.15) is 10.6 Å². The summed E-state index contributed by atoms with van der Waals surface area (Å²) in [5.74, 6) is -0.354. The first-order valence-electron chi connectivity index (χ1n) is 6.55. The molecule has 0 aliphatic heterocycles. The molecular formula is C16H19NO2S. The van der Waals surface area contributed by atoms with Crippen LogP contribution in [0.3, 0.4) is 0 Å². The predicted molar refractivity (Wildman–Crippen MR) is 84.2 cm³/mol. The van der Waals surface area contributed by atoms with E-state index in [1.165, 1.54) is 11.3 Å². The number of rotatable bonds is 3. The summed E-state index contributed by atoms with van der Waals surface area (Å²) in [6.45, 7) is 7.74. The molecular weight excluding hydrogens is 270 g/mol. The fourth-order valence-corrected chi connectivity index (χ4v) is 3.01. The standard InChI is InChI=1S/C16H19NO2S/c1-9(2)19-16(18)14-13(8-20-15(14)17)12-6-10(3)5-11(4)7-12/h5-9H,17H2,1-4H3. The van der Waals surface area contributed by atoms with Crippen LogP contribution in [-0.2, 0) is 4.74 Å². The predicted octanol–water partition coefficient (Wildman–Crippen LogP) is 4.18. The van der Waals surface area contributed by atoms with Gasteiger partial charge >= 0.3 is 5.97 Å². The van der Waals surface area contributed by atoms with Gasteiger partial charge in [0.15, 0.2) is 0 Å². The van der Waals surface area contributed by atoms with Gasteiger partial charge in [-0.1, -0.05) is 29.3 Å². The number of nitrogen functional groups attached to an aromatic ring is 1. The molecule has 2 N–H and O–H groups in total. The second-order valence-corrected chi connectivity index (χ2v) is 6.13. The molecule has 0 atom stereocenters. The number of hydrogen-bond acceptors (Lipinski definition) is 4. The molecule has 3 nitrogen and oxygen atoms in total. The fourth-order valence-electron chi connectivity index (χ4n) is 2.20. The van der Waals surface area contributed by atoms with E-state index in [1.54, 1.807) is 0 Å². The van der Waals surface area contributed by atoms with Crippen LogP contribution in [0.4, 0.5) is 5.00 Å². The molecule has 0 aliphatic rings. The Balaban J connectivity index is 2.50. The molecule has 0 aliphatic carbocycles. The van der Waals surface area contributed by atoms with Crippen molar-refractivity contribution in [3.63, 3.8) is 0 Å². The highest BCUT2D eigenvalue weighted by Gasteiger charge is 2.21. The minimum absolute atomic E-state index is 0.158. The summed E-state index contributed by atoms with van der Waals surface area (Å²) in [7, 11) is 0. The normalized spacial score (nSPS) is 10.8. The van der Waals surface area contributed by atoms with Crippen molar-refractivity contribution in [2.75, 3.05) is 5.73 Å². The van der Waals surface area contributed by atoms with Gasteiger partial charge in [-0.3, -0.25) is 0 Å². The van der Waals surface area contributed by atoms with E-state index in [1.807, 2.05) is 33.1 Å². The summed E-state index contributed by atoms with van der Waals surface area (Å²) in [6.07, 6.45) is -0.158. The van der Waals surface area contributed by atoms with Crippen LogP contribution in [-0.4, -0.2) is 12.1 Å². The third-order valence-electron chi connectivity index (χ3n) is 2.90. The summed E-state index contributed by atoms with van der Waals surface area (Å²) in [5, 5.41) is 2.42. The molecule has 0 saturated carbocycles. The topological polar surface area (TPSA) is 52.3 Å². The number of hydrogen-bond donors (Lipinski definition) is 1. The van der Waals surface area contributed by atoms with E-state index in [2.05, 4.69) is 18.2 Å². The Bertz CT molecular complexity index is 624. The monoisotopic (exact) mass is 289 g/mol. The molecule has 0 fully saturated rings. The first kappa shape index (κ1) is 14.6. The second kappa shape index (κ2) is 5.67. The molecule has 2 rings (SSSR count). The highest BCUT2D eigenvalue weighted by molar-refractivity contribution is 7.14. The zero-order chi connectivity index (χ0) is 14.9. The van der Waals surface area contributed by atoms with Crippen molar-refractivity contribution < 1.29 is 9.53 Å². The molecule has 0 spiro atoms. The highest BCUT2D eigenvalue weighted by Crippen LogP contribution is 2.35. The Hall–Kier alpha value is -1.81. The van der Waals surface area contributed by atoms with Crippen molar-refractivity contribution in [3.8, 4) is 11.1 Å². The maximum atomic E-state index is 12.2. The molecule has 1 aromatic carbocycles. The van der Waals surface area contributed by atoms with Gasteiger partial charge < -0.3 is 10.5 Å². The number of aryl methyl sites for hydroxylation is 2. The summed E-state index contributed by atoms with van der Waals surface area (Å²) in [6, 6.07) is 6.21. The Morgan fingerprint density at radius 3 is 2.35 bits per heavy atom. The third kappa shape index (κ3) is 3.02.